The lowest BCUT2D eigenvalue weighted by Gasteiger charge is -2.12. The number of rotatable bonds is 5. The minimum absolute atomic E-state index is 0.466. The van der Waals surface area contributed by atoms with E-state index in [0.29, 0.717) is 6.04 Å². The van der Waals surface area contributed by atoms with Gasteiger partial charge in [0, 0.05) is 31.4 Å². The first kappa shape index (κ1) is 13.7. The van der Waals surface area contributed by atoms with E-state index in [1.165, 1.54) is 5.69 Å². The Hall–Kier alpha value is -1.74. The van der Waals surface area contributed by atoms with Gasteiger partial charge in [0.2, 0.25) is 0 Å². The summed E-state index contributed by atoms with van der Waals surface area (Å²) in [5, 5.41) is 3.35. The number of anilines is 1. The lowest BCUT2D eigenvalue weighted by molar-refractivity contribution is 0.473. The molecule has 0 saturated carbocycles. The molecule has 0 aliphatic heterocycles. The van der Waals surface area contributed by atoms with Crippen LogP contribution in [0.1, 0.15) is 19.6 Å². The van der Waals surface area contributed by atoms with Crippen LogP contribution in [0.25, 0.3) is 11.3 Å². The lowest BCUT2D eigenvalue weighted by atomic mass is 10.1. The van der Waals surface area contributed by atoms with Crippen molar-refractivity contribution in [2.75, 3.05) is 19.0 Å². The highest BCUT2D eigenvalue weighted by Gasteiger charge is 2.05. The van der Waals surface area contributed by atoms with E-state index in [0.717, 1.165) is 23.6 Å². The molecule has 1 aromatic heterocycles. The summed E-state index contributed by atoms with van der Waals surface area (Å²) in [5.41, 5.74) is 2.30. The topological polar surface area (TPSA) is 28.4 Å². The van der Waals surface area contributed by atoms with Crippen LogP contribution in [0.15, 0.2) is 40.8 Å². The fraction of sp³-hybridized carbons (Fsp3) is 0.375. The van der Waals surface area contributed by atoms with Gasteiger partial charge in [-0.25, -0.2) is 0 Å². The second-order valence-corrected chi connectivity index (χ2v) is 5.24. The van der Waals surface area contributed by atoms with Crippen molar-refractivity contribution in [3.8, 4) is 11.3 Å². The lowest BCUT2D eigenvalue weighted by Crippen LogP contribution is -2.21. The van der Waals surface area contributed by atoms with Crippen molar-refractivity contribution < 1.29 is 4.42 Å². The van der Waals surface area contributed by atoms with E-state index in [1.807, 2.05) is 26.2 Å². The van der Waals surface area contributed by atoms with Gasteiger partial charge < -0.3 is 14.6 Å². The van der Waals surface area contributed by atoms with Crippen molar-refractivity contribution in [1.29, 1.82) is 0 Å². The predicted octanol–water partition coefficient (Wildman–Crippen LogP) is 3.51. The molecule has 0 unspecified atom stereocenters. The van der Waals surface area contributed by atoms with Crippen molar-refractivity contribution in [2.45, 2.75) is 26.4 Å². The van der Waals surface area contributed by atoms with Gasteiger partial charge in [0.25, 0.3) is 0 Å². The highest BCUT2D eigenvalue weighted by molar-refractivity contribution is 5.61. The Kier molecular flexibility index (Phi) is 4.27. The van der Waals surface area contributed by atoms with Crippen LogP contribution in [-0.2, 0) is 6.54 Å². The quantitative estimate of drug-likeness (QED) is 0.889. The number of nitrogens with zero attached hydrogens (tertiary/aromatic N) is 1. The Morgan fingerprint density at radius 1 is 1.05 bits per heavy atom. The maximum Gasteiger partial charge on any atom is 0.134 e. The van der Waals surface area contributed by atoms with Crippen molar-refractivity contribution in [1.82, 2.24) is 5.32 Å². The highest BCUT2D eigenvalue weighted by Crippen LogP contribution is 2.24. The molecule has 1 heterocycles. The average molecular weight is 258 g/mol. The van der Waals surface area contributed by atoms with Crippen LogP contribution in [0, 0.1) is 0 Å². The fourth-order valence-electron chi connectivity index (χ4n) is 1.86. The molecule has 0 spiro atoms. The maximum atomic E-state index is 5.84. The van der Waals surface area contributed by atoms with Crippen LogP contribution in [0.3, 0.4) is 0 Å². The summed E-state index contributed by atoms with van der Waals surface area (Å²) in [7, 11) is 4.08. The summed E-state index contributed by atoms with van der Waals surface area (Å²) >= 11 is 0. The number of benzene rings is 1. The summed E-state index contributed by atoms with van der Waals surface area (Å²) in [4.78, 5) is 2.09. The van der Waals surface area contributed by atoms with Crippen molar-refractivity contribution in [2.24, 2.45) is 0 Å². The molecule has 0 aliphatic rings. The molecule has 2 aromatic rings. The van der Waals surface area contributed by atoms with E-state index in [-0.39, 0.29) is 0 Å². The van der Waals surface area contributed by atoms with Gasteiger partial charge in [0.15, 0.2) is 0 Å². The van der Waals surface area contributed by atoms with E-state index in [1.54, 1.807) is 0 Å². The van der Waals surface area contributed by atoms with Gasteiger partial charge in [0.1, 0.15) is 11.5 Å². The molecule has 0 saturated heterocycles. The molecule has 3 nitrogen and oxygen atoms in total. The van der Waals surface area contributed by atoms with Gasteiger partial charge >= 0.3 is 0 Å². The average Bonchev–Trinajstić information content (AvgIpc) is 2.85. The zero-order valence-electron chi connectivity index (χ0n) is 12.1. The largest absolute Gasteiger partial charge is 0.460 e. The summed E-state index contributed by atoms with van der Waals surface area (Å²) in [6.07, 6.45) is 0. The van der Waals surface area contributed by atoms with Crippen molar-refractivity contribution in [3.63, 3.8) is 0 Å². The summed E-state index contributed by atoms with van der Waals surface area (Å²) < 4.78 is 5.84. The Labute approximate surface area is 115 Å². The second kappa shape index (κ2) is 5.93. The predicted molar refractivity (Wildman–Crippen MR) is 80.4 cm³/mol. The Balaban J connectivity index is 2.09. The van der Waals surface area contributed by atoms with Crippen LogP contribution in [-0.4, -0.2) is 20.1 Å². The molecule has 0 atom stereocenters. The molecule has 1 N–H and O–H groups in total. The van der Waals surface area contributed by atoms with Gasteiger partial charge in [-0.05, 0) is 36.4 Å². The second-order valence-electron chi connectivity index (χ2n) is 5.24. The maximum absolute atomic E-state index is 5.84. The van der Waals surface area contributed by atoms with E-state index < -0.39 is 0 Å². The van der Waals surface area contributed by atoms with Crippen LogP contribution >= 0.6 is 0 Å². The van der Waals surface area contributed by atoms with Gasteiger partial charge in [-0.1, -0.05) is 13.8 Å². The summed E-state index contributed by atoms with van der Waals surface area (Å²) in [5.74, 6) is 1.89. The SMILES string of the molecule is CC(C)NCc1ccc(-c2ccc(N(C)C)cc2)o1. The Morgan fingerprint density at radius 2 is 1.74 bits per heavy atom. The molecule has 0 radical (unpaired) electrons. The molecule has 2 rings (SSSR count). The highest BCUT2D eigenvalue weighted by atomic mass is 16.3. The van der Waals surface area contributed by atoms with Crippen LogP contribution < -0.4 is 10.2 Å². The zero-order chi connectivity index (χ0) is 13.8. The first-order valence-electron chi connectivity index (χ1n) is 6.66. The molecule has 19 heavy (non-hydrogen) atoms. The fourth-order valence-corrected chi connectivity index (χ4v) is 1.86. The third-order valence-electron chi connectivity index (χ3n) is 3.01. The number of hydrogen-bond donors (Lipinski definition) is 1. The van der Waals surface area contributed by atoms with Crippen molar-refractivity contribution >= 4 is 5.69 Å². The Morgan fingerprint density at radius 3 is 2.32 bits per heavy atom. The zero-order valence-corrected chi connectivity index (χ0v) is 12.1. The van der Waals surface area contributed by atoms with Gasteiger partial charge in [-0.15, -0.1) is 0 Å². The molecular weight excluding hydrogens is 236 g/mol. The number of furan rings is 1. The molecular formula is C16H22N2O. The summed E-state index contributed by atoms with van der Waals surface area (Å²) in [6, 6.07) is 12.9. The third kappa shape index (κ3) is 3.61. The molecule has 3 heteroatoms. The minimum atomic E-state index is 0.466. The molecule has 0 bridgehead atoms. The summed E-state index contributed by atoms with van der Waals surface area (Å²) in [6.45, 7) is 5.03. The van der Waals surface area contributed by atoms with E-state index in [4.69, 9.17) is 4.42 Å². The van der Waals surface area contributed by atoms with E-state index >= 15 is 0 Å². The standard InChI is InChI=1S/C16H22N2O/c1-12(2)17-11-15-9-10-16(19-15)13-5-7-14(8-6-13)18(3)4/h5-10,12,17H,11H2,1-4H3. The van der Waals surface area contributed by atoms with E-state index in [9.17, 15) is 0 Å². The molecule has 1 aromatic carbocycles. The van der Waals surface area contributed by atoms with Gasteiger partial charge in [-0.3, -0.25) is 0 Å². The first-order chi connectivity index (χ1) is 9.06. The molecule has 0 amide bonds. The molecule has 102 valence electrons. The monoisotopic (exact) mass is 258 g/mol. The Bertz CT molecular complexity index is 512. The molecule has 0 aliphatic carbocycles. The molecule has 0 fully saturated rings. The van der Waals surface area contributed by atoms with Crippen molar-refractivity contribution in [3.05, 3.63) is 42.2 Å². The van der Waals surface area contributed by atoms with Crippen LogP contribution in [0.5, 0.6) is 0 Å². The minimum Gasteiger partial charge on any atom is -0.460 e. The number of hydrogen-bond acceptors (Lipinski definition) is 3. The normalized spacial score (nSPS) is 11.0. The van der Waals surface area contributed by atoms with Crippen LogP contribution in [0.2, 0.25) is 0 Å². The third-order valence-corrected chi connectivity index (χ3v) is 3.01. The first-order valence-corrected chi connectivity index (χ1v) is 6.66. The smallest absolute Gasteiger partial charge is 0.134 e. The van der Waals surface area contributed by atoms with E-state index in [2.05, 4.69) is 48.3 Å². The number of nitrogens with one attached hydrogen (secondary N) is 1. The van der Waals surface area contributed by atoms with Gasteiger partial charge in [-0.2, -0.15) is 0 Å². The van der Waals surface area contributed by atoms with Crippen LogP contribution in [0.4, 0.5) is 5.69 Å². The van der Waals surface area contributed by atoms with Gasteiger partial charge in [0.05, 0.1) is 6.54 Å².